The van der Waals surface area contributed by atoms with Crippen molar-refractivity contribution >= 4 is 27.9 Å². The third kappa shape index (κ3) is 3.30. The van der Waals surface area contributed by atoms with Crippen molar-refractivity contribution < 1.29 is 4.92 Å². The Kier molecular flexibility index (Phi) is 4.73. The van der Waals surface area contributed by atoms with Crippen LogP contribution in [0, 0.1) is 10.1 Å². The Bertz CT molecular complexity index is 676. The van der Waals surface area contributed by atoms with E-state index in [9.17, 15) is 10.1 Å². The summed E-state index contributed by atoms with van der Waals surface area (Å²) in [5, 5.41) is 17.0. The Morgan fingerprint density at radius 2 is 2.27 bits per heavy atom. The zero-order valence-corrected chi connectivity index (χ0v) is 13.4. The van der Waals surface area contributed by atoms with Crippen molar-refractivity contribution in [2.75, 3.05) is 19.6 Å². The summed E-state index contributed by atoms with van der Waals surface area (Å²) in [6, 6.07) is 9.71. The van der Waals surface area contributed by atoms with Crippen LogP contribution in [0.2, 0.25) is 5.02 Å². The standard InChI is InChI=1S/C15H16ClN3O2S/c16-13-4-2-1-3-12(13)14-8-17-5-6-18(14)9-11-7-15(19(20)21)22-10-11/h1-4,7,10,14,17H,5-6,8-9H2. The van der Waals surface area contributed by atoms with Crippen molar-refractivity contribution in [3.8, 4) is 0 Å². The Labute approximate surface area is 137 Å². The highest BCUT2D eigenvalue weighted by Gasteiger charge is 2.26. The minimum absolute atomic E-state index is 0.182. The lowest BCUT2D eigenvalue weighted by Gasteiger charge is -2.36. The predicted octanol–water partition coefficient (Wildman–Crippen LogP) is 3.46. The van der Waals surface area contributed by atoms with E-state index in [0.29, 0.717) is 6.54 Å². The number of hydrogen-bond acceptors (Lipinski definition) is 5. The van der Waals surface area contributed by atoms with Crippen molar-refractivity contribution in [1.29, 1.82) is 0 Å². The number of halogens is 1. The first-order chi connectivity index (χ1) is 10.6. The third-order valence-electron chi connectivity index (χ3n) is 3.82. The number of nitrogens with zero attached hydrogens (tertiary/aromatic N) is 2. The summed E-state index contributed by atoms with van der Waals surface area (Å²) >= 11 is 7.51. The van der Waals surface area contributed by atoms with E-state index in [1.165, 1.54) is 11.3 Å². The first kappa shape index (κ1) is 15.4. The molecule has 7 heteroatoms. The van der Waals surface area contributed by atoms with Crippen molar-refractivity contribution in [2.45, 2.75) is 12.6 Å². The minimum atomic E-state index is -0.336. The minimum Gasteiger partial charge on any atom is -0.314 e. The summed E-state index contributed by atoms with van der Waals surface area (Å²) in [6.07, 6.45) is 0. The first-order valence-corrected chi connectivity index (χ1v) is 8.32. The second-order valence-electron chi connectivity index (χ2n) is 5.26. The van der Waals surface area contributed by atoms with Gasteiger partial charge < -0.3 is 5.32 Å². The van der Waals surface area contributed by atoms with Crippen LogP contribution in [-0.4, -0.2) is 29.5 Å². The molecule has 1 fully saturated rings. The maximum absolute atomic E-state index is 10.8. The summed E-state index contributed by atoms with van der Waals surface area (Å²) < 4.78 is 0. The fraction of sp³-hybridized carbons (Fsp3) is 0.333. The van der Waals surface area contributed by atoms with E-state index in [0.717, 1.165) is 35.8 Å². The molecule has 1 N–H and O–H groups in total. The molecule has 0 radical (unpaired) electrons. The summed E-state index contributed by atoms with van der Waals surface area (Å²) in [5.41, 5.74) is 2.08. The van der Waals surface area contributed by atoms with Gasteiger partial charge >= 0.3 is 5.00 Å². The highest BCUT2D eigenvalue weighted by Crippen LogP contribution is 2.31. The molecule has 1 aliphatic heterocycles. The van der Waals surface area contributed by atoms with Crippen molar-refractivity contribution in [1.82, 2.24) is 10.2 Å². The van der Waals surface area contributed by atoms with Crippen LogP contribution >= 0.6 is 22.9 Å². The molecule has 0 saturated carbocycles. The normalized spacial score (nSPS) is 19.2. The van der Waals surface area contributed by atoms with Gasteiger partial charge in [0.25, 0.3) is 0 Å². The van der Waals surface area contributed by atoms with Gasteiger partial charge in [-0.2, -0.15) is 0 Å². The van der Waals surface area contributed by atoms with Crippen LogP contribution < -0.4 is 5.32 Å². The monoisotopic (exact) mass is 337 g/mol. The maximum atomic E-state index is 10.8. The van der Waals surface area contributed by atoms with E-state index >= 15 is 0 Å². The molecule has 2 aromatic rings. The summed E-state index contributed by atoms with van der Waals surface area (Å²) in [4.78, 5) is 12.8. The smallest absolute Gasteiger partial charge is 0.314 e. The number of thiophene rings is 1. The zero-order chi connectivity index (χ0) is 15.5. The molecule has 1 saturated heterocycles. The molecule has 0 amide bonds. The fourth-order valence-corrected chi connectivity index (χ4v) is 3.75. The Morgan fingerprint density at radius 1 is 1.45 bits per heavy atom. The van der Waals surface area contributed by atoms with Gasteiger partial charge in [-0.1, -0.05) is 41.1 Å². The molecule has 1 aromatic carbocycles. The predicted molar refractivity (Wildman–Crippen MR) is 88.4 cm³/mol. The molecule has 2 heterocycles. The van der Waals surface area contributed by atoms with Crippen molar-refractivity contribution in [3.63, 3.8) is 0 Å². The summed E-state index contributed by atoms with van der Waals surface area (Å²) in [7, 11) is 0. The van der Waals surface area contributed by atoms with E-state index < -0.39 is 0 Å². The lowest BCUT2D eigenvalue weighted by molar-refractivity contribution is -0.380. The molecule has 3 rings (SSSR count). The van der Waals surface area contributed by atoms with Crippen LogP contribution in [0.1, 0.15) is 17.2 Å². The van der Waals surface area contributed by atoms with Crippen LogP contribution in [0.3, 0.4) is 0 Å². The van der Waals surface area contributed by atoms with Gasteiger partial charge in [-0.25, -0.2) is 0 Å². The molecule has 22 heavy (non-hydrogen) atoms. The van der Waals surface area contributed by atoms with Crippen molar-refractivity contribution in [2.24, 2.45) is 0 Å². The summed E-state index contributed by atoms with van der Waals surface area (Å²) in [6.45, 7) is 3.32. The Hall–Kier alpha value is -1.47. The van der Waals surface area contributed by atoms with Gasteiger partial charge in [0, 0.05) is 48.7 Å². The number of nitro groups is 1. The lowest BCUT2D eigenvalue weighted by Crippen LogP contribution is -2.45. The van der Waals surface area contributed by atoms with Gasteiger partial charge in [0.2, 0.25) is 0 Å². The molecule has 116 valence electrons. The van der Waals surface area contributed by atoms with Gasteiger partial charge in [-0.15, -0.1) is 0 Å². The molecular formula is C15H16ClN3O2S. The van der Waals surface area contributed by atoms with Crippen LogP contribution in [0.5, 0.6) is 0 Å². The first-order valence-electron chi connectivity index (χ1n) is 7.06. The third-order valence-corrected chi connectivity index (χ3v) is 5.10. The zero-order valence-electron chi connectivity index (χ0n) is 11.9. The maximum Gasteiger partial charge on any atom is 0.324 e. The molecule has 1 aliphatic rings. The van der Waals surface area contributed by atoms with Crippen LogP contribution in [0.4, 0.5) is 5.00 Å². The molecular weight excluding hydrogens is 322 g/mol. The molecule has 1 aromatic heterocycles. The van der Waals surface area contributed by atoms with Gasteiger partial charge in [-0.3, -0.25) is 15.0 Å². The number of nitrogens with one attached hydrogen (secondary N) is 1. The summed E-state index contributed by atoms with van der Waals surface area (Å²) in [5.74, 6) is 0. The lowest BCUT2D eigenvalue weighted by atomic mass is 10.0. The SMILES string of the molecule is O=[N+]([O-])c1cc(CN2CCNCC2c2ccccc2Cl)cs1. The van der Waals surface area contributed by atoms with Crippen LogP contribution in [-0.2, 0) is 6.54 Å². The highest BCUT2D eigenvalue weighted by molar-refractivity contribution is 7.13. The quantitative estimate of drug-likeness (QED) is 0.685. The number of rotatable bonds is 4. The molecule has 5 nitrogen and oxygen atoms in total. The van der Waals surface area contributed by atoms with E-state index in [-0.39, 0.29) is 16.0 Å². The van der Waals surface area contributed by atoms with Gasteiger partial charge in [0.05, 0.1) is 4.92 Å². The molecule has 1 unspecified atom stereocenters. The van der Waals surface area contributed by atoms with E-state index in [1.807, 2.05) is 29.6 Å². The largest absolute Gasteiger partial charge is 0.324 e. The second kappa shape index (κ2) is 6.75. The van der Waals surface area contributed by atoms with Gasteiger partial charge in [0.1, 0.15) is 0 Å². The Balaban J connectivity index is 1.80. The number of hydrogen-bond donors (Lipinski definition) is 1. The van der Waals surface area contributed by atoms with Gasteiger partial charge in [0.15, 0.2) is 0 Å². The fourth-order valence-electron chi connectivity index (χ4n) is 2.76. The van der Waals surface area contributed by atoms with E-state index in [2.05, 4.69) is 10.2 Å². The topological polar surface area (TPSA) is 58.4 Å². The van der Waals surface area contributed by atoms with Crippen molar-refractivity contribution in [3.05, 3.63) is 62.0 Å². The van der Waals surface area contributed by atoms with Crippen LogP contribution in [0.15, 0.2) is 35.7 Å². The van der Waals surface area contributed by atoms with E-state index in [4.69, 9.17) is 11.6 Å². The highest BCUT2D eigenvalue weighted by atomic mass is 35.5. The number of piperazine rings is 1. The average molecular weight is 338 g/mol. The van der Waals surface area contributed by atoms with Gasteiger partial charge in [-0.05, 0) is 17.2 Å². The molecule has 0 spiro atoms. The molecule has 1 atom stereocenters. The molecule has 0 bridgehead atoms. The van der Waals surface area contributed by atoms with Crippen LogP contribution in [0.25, 0.3) is 0 Å². The Morgan fingerprint density at radius 3 is 3.00 bits per heavy atom. The number of benzene rings is 1. The van der Waals surface area contributed by atoms with E-state index in [1.54, 1.807) is 6.07 Å². The molecule has 0 aliphatic carbocycles. The second-order valence-corrected chi connectivity index (χ2v) is 6.56. The average Bonchev–Trinajstić information content (AvgIpc) is 2.97.